The molecule has 0 saturated carbocycles. The number of hydrogen-bond acceptors (Lipinski definition) is 4. The van der Waals surface area contributed by atoms with E-state index in [0.29, 0.717) is 0 Å². The summed E-state index contributed by atoms with van der Waals surface area (Å²) >= 11 is 0. The standard InChI is InChI=1S/C3F6NO4S2/c4-1(5)2(6,7)15(11,12)10-16(13,14)3(1,8)9/q-1. The Morgan fingerprint density at radius 1 is 0.688 bits per heavy atom. The van der Waals surface area contributed by atoms with Crippen LogP contribution in [0, 0.1) is 0 Å². The number of sulfonamides is 2. The van der Waals surface area contributed by atoms with Crippen molar-refractivity contribution < 1.29 is 43.2 Å². The molecule has 0 aromatic carbocycles. The molecular weight excluding hydrogens is 292 g/mol. The van der Waals surface area contributed by atoms with Crippen LogP contribution in [0.3, 0.4) is 0 Å². The summed E-state index contributed by atoms with van der Waals surface area (Å²) in [5.41, 5.74) is 0. The van der Waals surface area contributed by atoms with Crippen molar-refractivity contribution in [1.29, 1.82) is 0 Å². The predicted molar refractivity (Wildman–Crippen MR) is 36.0 cm³/mol. The van der Waals surface area contributed by atoms with Crippen LogP contribution in [0.2, 0.25) is 0 Å². The van der Waals surface area contributed by atoms with E-state index in [1.165, 1.54) is 0 Å². The summed E-state index contributed by atoms with van der Waals surface area (Å²) < 4.78 is 117. The molecule has 0 radical (unpaired) electrons. The third-order valence-electron chi connectivity index (χ3n) is 1.58. The summed E-state index contributed by atoms with van der Waals surface area (Å²) in [6.45, 7) is 0. The van der Waals surface area contributed by atoms with E-state index in [4.69, 9.17) is 0 Å². The molecule has 5 nitrogen and oxygen atoms in total. The largest absolute Gasteiger partial charge is 0.425 e. The van der Waals surface area contributed by atoms with Gasteiger partial charge in [0.15, 0.2) is 20.0 Å². The molecule has 0 spiro atoms. The number of alkyl halides is 6. The van der Waals surface area contributed by atoms with Gasteiger partial charge in [-0.3, -0.25) is 0 Å². The van der Waals surface area contributed by atoms with Crippen LogP contribution in [0.1, 0.15) is 0 Å². The van der Waals surface area contributed by atoms with Crippen LogP contribution in [0.15, 0.2) is 0 Å². The predicted octanol–water partition coefficient (Wildman–Crippen LogP) is 0.854. The zero-order valence-electron chi connectivity index (χ0n) is 6.66. The van der Waals surface area contributed by atoms with Crippen molar-refractivity contribution in [2.75, 3.05) is 0 Å². The number of rotatable bonds is 0. The lowest BCUT2D eigenvalue weighted by Crippen LogP contribution is -2.64. The summed E-state index contributed by atoms with van der Waals surface area (Å²) in [6, 6.07) is 0. The Labute approximate surface area is 84.5 Å². The maximum atomic E-state index is 12.4. The van der Waals surface area contributed by atoms with Crippen molar-refractivity contribution in [3.05, 3.63) is 4.13 Å². The average Bonchev–Trinajstić information content (AvgIpc) is 1.98. The van der Waals surface area contributed by atoms with Gasteiger partial charge in [0.05, 0.1) is 0 Å². The normalized spacial score (nSPS) is 33.1. The fourth-order valence-corrected chi connectivity index (χ4v) is 3.47. The van der Waals surface area contributed by atoms with Crippen molar-refractivity contribution >= 4 is 20.0 Å². The molecule has 0 unspecified atom stereocenters. The first-order valence-electron chi connectivity index (χ1n) is 3.07. The zero-order chi connectivity index (χ0) is 13.2. The number of halogens is 6. The zero-order valence-corrected chi connectivity index (χ0v) is 8.30. The molecule has 1 aliphatic heterocycles. The maximum Gasteiger partial charge on any atom is 0.399 e. The highest BCUT2D eigenvalue weighted by atomic mass is 32.3. The Hall–Kier alpha value is -0.560. The van der Waals surface area contributed by atoms with Gasteiger partial charge in [0.25, 0.3) is 0 Å². The summed E-state index contributed by atoms with van der Waals surface area (Å²) in [5, 5.41) is -12.6. The van der Waals surface area contributed by atoms with Crippen molar-refractivity contribution in [2.24, 2.45) is 0 Å². The van der Waals surface area contributed by atoms with Gasteiger partial charge in [-0.15, -0.1) is 0 Å². The van der Waals surface area contributed by atoms with Gasteiger partial charge in [0, 0.05) is 0 Å². The van der Waals surface area contributed by atoms with Gasteiger partial charge < -0.3 is 4.13 Å². The number of hydrogen-bond donors (Lipinski definition) is 0. The molecule has 1 aliphatic rings. The monoisotopic (exact) mass is 292 g/mol. The van der Waals surface area contributed by atoms with E-state index < -0.39 is 36.5 Å². The Morgan fingerprint density at radius 3 is 1.19 bits per heavy atom. The van der Waals surface area contributed by atoms with E-state index in [1.807, 2.05) is 0 Å². The minimum Gasteiger partial charge on any atom is -0.425 e. The van der Waals surface area contributed by atoms with Gasteiger partial charge in [-0.1, -0.05) is 0 Å². The molecular formula is C3F6NO4S2-. The third kappa shape index (κ3) is 1.21. The highest BCUT2D eigenvalue weighted by molar-refractivity contribution is 8.13. The van der Waals surface area contributed by atoms with E-state index >= 15 is 0 Å². The van der Waals surface area contributed by atoms with E-state index in [2.05, 4.69) is 0 Å². The lowest BCUT2D eigenvalue weighted by molar-refractivity contribution is -0.244. The Kier molecular flexibility index (Phi) is 2.38. The summed E-state index contributed by atoms with van der Waals surface area (Å²) in [6.07, 6.45) is 0. The van der Waals surface area contributed by atoms with Crippen LogP contribution in [0.4, 0.5) is 26.3 Å². The van der Waals surface area contributed by atoms with Gasteiger partial charge in [0.2, 0.25) is 0 Å². The van der Waals surface area contributed by atoms with Crippen molar-refractivity contribution in [2.45, 2.75) is 16.4 Å². The minimum absolute atomic E-state index is 1.11. The maximum absolute atomic E-state index is 12.4. The van der Waals surface area contributed by atoms with Crippen LogP contribution in [0.25, 0.3) is 4.13 Å². The van der Waals surface area contributed by atoms with Gasteiger partial charge in [0.1, 0.15) is 0 Å². The molecule has 1 heterocycles. The minimum atomic E-state index is -6.60. The molecule has 13 heteroatoms. The molecule has 0 amide bonds. The highest BCUT2D eigenvalue weighted by Gasteiger charge is 2.81. The molecule has 0 bridgehead atoms. The van der Waals surface area contributed by atoms with Gasteiger partial charge in [-0.2, -0.15) is 26.3 Å². The second-order valence-corrected chi connectivity index (χ2v) is 6.15. The Morgan fingerprint density at radius 2 is 0.938 bits per heavy atom. The topological polar surface area (TPSA) is 82.4 Å². The quantitative estimate of drug-likeness (QED) is 0.620. The summed E-state index contributed by atoms with van der Waals surface area (Å²) in [5.74, 6) is -6.60. The third-order valence-corrected chi connectivity index (χ3v) is 4.95. The SMILES string of the molecule is O=S1(=O)[N-]S(=O)(=O)C(F)(F)C(F)(F)C1(F)F. The van der Waals surface area contributed by atoms with E-state index in [9.17, 15) is 43.2 Å². The van der Waals surface area contributed by atoms with Crippen LogP contribution in [-0.4, -0.2) is 33.3 Å². The molecule has 0 aromatic rings. The smallest absolute Gasteiger partial charge is 0.399 e. The number of nitrogens with zero attached hydrogens (tertiary/aromatic N) is 1. The lowest BCUT2D eigenvalue weighted by atomic mass is 10.3. The van der Waals surface area contributed by atoms with Crippen molar-refractivity contribution in [1.82, 2.24) is 0 Å². The molecule has 1 saturated heterocycles. The average molecular weight is 292 g/mol. The first-order valence-corrected chi connectivity index (χ1v) is 5.95. The van der Waals surface area contributed by atoms with Crippen molar-refractivity contribution in [3.8, 4) is 0 Å². The molecule has 0 aromatic heterocycles. The highest BCUT2D eigenvalue weighted by Crippen LogP contribution is 2.57. The van der Waals surface area contributed by atoms with Crippen molar-refractivity contribution in [3.63, 3.8) is 0 Å². The molecule has 1 fully saturated rings. The van der Waals surface area contributed by atoms with Crippen LogP contribution in [-0.2, 0) is 20.0 Å². The second-order valence-electron chi connectivity index (χ2n) is 2.63. The van der Waals surface area contributed by atoms with Crippen LogP contribution in [0.5, 0.6) is 0 Å². The fourth-order valence-electron chi connectivity index (χ4n) is 0.716. The Bertz CT molecular complexity index is 474. The first-order chi connectivity index (χ1) is 6.71. The van der Waals surface area contributed by atoms with Crippen LogP contribution < -0.4 is 0 Å². The van der Waals surface area contributed by atoms with E-state index in [0.717, 1.165) is 4.13 Å². The first kappa shape index (κ1) is 13.5. The second kappa shape index (κ2) is 2.81. The van der Waals surface area contributed by atoms with Gasteiger partial charge in [-0.05, 0) is 0 Å². The molecule has 0 atom stereocenters. The van der Waals surface area contributed by atoms with E-state index in [-0.39, 0.29) is 0 Å². The van der Waals surface area contributed by atoms with E-state index in [1.54, 1.807) is 0 Å². The molecule has 0 aliphatic carbocycles. The fraction of sp³-hybridized carbons (Fsp3) is 1.00. The molecule has 0 N–H and O–H groups in total. The lowest BCUT2D eigenvalue weighted by Gasteiger charge is -2.42. The van der Waals surface area contributed by atoms with Crippen LogP contribution >= 0.6 is 0 Å². The summed E-state index contributed by atoms with van der Waals surface area (Å²) in [7, 11) is -13.1. The summed E-state index contributed by atoms with van der Waals surface area (Å²) in [4.78, 5) is 0. The molecule has 1 rings (SSSR count). The van der Waals surface area contributed by atoms with Gasteiger partial charge >= 0.3 is 16.4 Å². The molecule has 96 valence electrons. The molecule has 16 heavy (non-hydrogen) atoms. The van der Waals surface area contributed by atoms with Gasteiger partial charge in [-0.25, -0.2) is 16.8 Å². The Balaban J connectivity index is 3.70.